The molecule has 2 aromatic carbocycles. The fourth-order valence-corrected chi connectivity index (χ4v) is 4.28. The van der Waals surface area contributed by atoms with Crippen molar-refractivity contribution in [1.82, 2.24) is 9.97 Å². The van der Waals surface area contributed by atoms with Crippen LogP contribution in [0.15, 0.2) is 60.7 Å². The van der Waals surface area contributed by atoms with Gasteiger partial charge in [-0.3, -0.25) is 4.79 Å². The quantitative estimate of drug-likeness (QED) is 0.347. The number of carbonyl (C=O) groups excluding carboxylic acids is 1. The van der Waals surface area contributed by atoms with Gasteiger partial charge in [-0.25, -0.2) is 4.98 Å². The second-order valence-electron chi connectivity index (χ2n) is 7.62. The number of anilines is 3. The average Bonchev–Trinajstić information content (AvgIpc) is 3.17. The molecule has 158 valence electrons. The summed E-state index contributed by atoms with van der Waals surface area (Å²) < 4.78 is 1.03. The van der Waals surface area contributed by atoms with E-state index in [4.69, 9.17) is 9.97 Å². The number of nitrogens with one attached hydrogen (secondary N) is 3. The van der Waals surface area contributed by atoms with Crippen molar-refractivity contribution in [1.29, 1.82) is 0 Å². The lowest BCUT2D eigenvalue weighted by Crippen LogP contribution is -2.13. The molecular formula is C24H25N5OS. The molecule has 0 saturated carbocycles. The largest absolute Gasteiger partial charge is 0.365 e. The highest BCUT2D eigenvalue weighted by Crippen LogP contribution is 2.36. The van der Waals surface area contributed by atoms with Gasteiger partial charge >= 0.3 is 0 Å². The van der Waals surface area contributed by atoms with E-state index >= 15 is 0 Å². The maximum absolute atomic E-state index is 11.2. The van der Waals surface area contributed by atoms with Crippen molar-refractivity contribution in [2.24, 2.45) is 0 Å². The monoisotopic (exact) mass is 431 g/mol. The summed E-state index contributed by atoms with van der Waals surface area (Å²) in [6.07, 6.45) is 0. The molecule has 0 spiro atoms. The number of thiophene rings is 1. The Morgan fingerprint density at radius 3 is 2.45 bits per heavy atom. The number of hydrogen-bond donors (Lipinski definition) is 3. The van der Waals surface area contributed by atoms with Crippen LogP contribution in [-0.4, -0.2) is 21.9 Å². The maximum atomic E-state index is 11.2. The predicted octanol–water partition coefficient (Wildman–Crippen LogP) is 5.75. The van der Waals surface area contributed by atoms with Gasteiger partial charge in [-0.05, 0) is 43.2 Å². The summed E-state index contributed by atoms with van der Waals surface area (Å²) >= 11 is 1.69. The van der Waals surface area contributed by atoms with Gasteiger partial charge in [0, 0.05) is 30.1 Å². The number of amides is 1. The summed E-state index contributed by atoms with van der Waals surface area (Å²) in [5.74, 6) is 1.35. The molecule has 31 heavy (non-hydrogen) atoms. The third kappa shape index (κ3) is 5.19. The topological polar surface area (TPSA) is 78.9 Å². The van der Waals surface area contributed by atoms with E-state index in [-0.39, 0.29) is 11.9 Å². The van der Waals surface area contributed by atoms with Crippen molar-refractivity contribution in [2.75, 3.05) is 16.0 Å². The normalized spacial score (nSPS) is 11.0. The number of aromatic nitrogens is 2. The Bertz CT molecular complexity index is 1190. The first-order chi connectivity index (χ1) is 15.0. The number of fused-ring (bicyclic) bond motifs is 1. The van der Waals surface area contributed by atoms with Gasteiger partial charge in [0.25, 0.3) is 0 Å². The summed E-state index contributed by atoms with van der Waals surface area (Å²) in [7, 11) is 0. The molecule has 1 amide bonds. The second kappa shape index (κ2) is 9.14. The zero-order chi connectivity index (χ0) is 21.8. The zero-order valence-electron chi connectivity index (χ0n) is 17.8. The highest BCUT2D eigenvalue weighted by atomic mass is 32.1. The Balaban J connectivity index is 1.63. The summed E-state index contributed by atoms with van der Waals surface area (Å²) in [6.45, 7) is 6.26. The van der Waals surface area contributed by atoms with Gasteiger partial charge in [-0.1, -0.05) is 42.5 Å². The standard InChI is InChI=1S/C24H25N5OS/c1-15(2)26-24-28-20-13-21(18-7-5-4-6-8-18)31-22(20)23(29-24)25-14-17-9-11-19(12-10-17)27-16(3)30/h4-13,15H,14H2,1-3H3,(H,27,30)(H2,25,26,28,29). The molecule has 0 bridgehead atoms. The fourth-order valence-electron chi connectivity index (χ4n) is 3.21. The van der Waals surface area contributed by atoms with Crippen LogP contribution in [0.3, 0.4) is 0 Å². The van der Waals surface area contributed by atoms with Crippen molar-refractivity contribution in [2.45, 2.75) is 33.4 Å². The number of rotatable bonds is 7. The average molecular weight is 432 g/mol. The van der Waals surface area contributed by atoms with Gasteiger partial charge in [0.1, 0.15) is 5.82 Å². The molecular weight excluding hydrogens is 406 g/mol. The van der Waals surface area contributed by atoms with E-state index in [1.54, 1.807) is 11.3 Å². The molecule has 0 aliphatic carbocycles. The van der Waals surface area contributed by atoms with Crippen LogP contribution in [-0.2, 0) is 11.3 Å². The van der Waals surface area contributed by atoms with Crippen molar-refractivity contribution >= 4 is 44.9 Å². The maximum Gasteiger partial charge on any atom is 0.225 e. The highest BCUT2D eigenvalue weighted by Gasteiger charge is 2.13. The molecule has 0 saturated heterocycles. The molecule has 2 heterocycles. The third-order valence-corrected chi connectivity index (χ3v) is 5.76. The minimum absolute atomic E-state index is 0.0775. The molecule has 4 aromatic rings. The van der Waals surface area contributed by atoms with Crippen molar-refractivity contribution < 1.29 is 4.79 Å². The number of benzene rings is 2. The van der Waals surface area contributed by atoms with Crippen LogP contribution in [0, 0.1) is 0 Å². The smallest absolute Gasteiger partial charge is 0.225 e. The summed E-state index contributed by atoms with van der Waals surface area (Å²) in [5.41, 5.74) is 3.97. The van der Waals surface area contributed by atoms with Gasteiger partial charge in [0.2, 0.25) is 11.9 Å². The molecule has 3 N–H and O–H groups in total. The summed E-state index contributed by atoms with van der Waals surface area (Å²) in [4.78, 5) is 21.8. The Morgan fingerprint density at radius 2 is 1.77 bits per heavy atom. The van der Waals surface area contributed by atoms with E-state index < -0.39 is 0 Å². The first kappa shape index (κ1) is 20.8. The van der Waals surface area contributed by atoms with Crippen LogP contribution < -0.4 is 16.0 Å². The number of hydrogen-bond acceptors (Lipinski definition) is 6. The van der Waals surface area contributed by atoms with Gasteiger partial charge < -0.3 is 16.0 Å². The van der Waals surface area contributed by atoms with Gasteiger partial charge in [-0.15, -0.1) is 11.3 Å². The van der Waals surface area contributed by atoms with E-state index in [2.05, 4.69) is 48.0 Å². The van der Waals surface area contributed by atoms with Crippen LogP contribution in [0.5, 0.6) is 0 Å². The first-order valence-corrected chi connectivity index (χ1v) is 11.0. The fraction of sp³-hybridized carbons (Fsp3) is 0.208. The SMILES string of the molecule is CC(=O)Nc1ccc(CNc2nc(NC(C)C)nc3cc(-c4ccccc4)sc23)cc1. The molecule has 0 fully saturated rings. The molecule has 6 nitrogen and oxygen atoms in total. The van der Waals surface area contributed by atoms with E-state index in [0.717, 1.165) is 32.2 Å². The predicted molar refractivity (Wildman–Crippen MR) is 130 cm³/mol. The third-order valence-electron chi connectivity index (χ3n) is 4.58. The van der Waals surface area contributed by atoms with E-state index in [0.29, 0.717) is 12.5 Å². The molecule has 0 unspecified atom stereocenters. The minimum atomic E-state index is -0.0775. The van der Waals surface area contributed by atoms with E-state index in [1.165, 1.54) is 12.5 Å². The van der Waals surface area contributed by atoms with E-state index in [1.807, 2.05) is 42.5 Å². The first-order valence-electron chi connectivity index (χ1n) is 10.2. The lowest BCUT2D eigenvalue weighted by Gasteiger charge is -2.12. The van der Waals surface area contributed by atoms with Crippen molar-refractivity contribution in [3.63, 3.8) is 0 Å². The molecule has 0 aliphatic heterocycles. The van der Waals surface area contributed by atoms with Crippen LogP contribution in [0.4, 0.5) is 17.5 Å². The lowest BCUT2D eigenvalue weighted by molar-refractivity contribution is -0.114. The van der Waals surface area contributed by atoms with Gasteiger partial charge in [0.15, 0.2) is 0 Å². The van der Waals surface area contributed by atoms with Gasteiger partial charge in [0.05, 0.1) is 10.2 Å². The molecule has 0 atom stereocenters. The molecule has 7 heteroatoms. The zero-order valence-corrected chi connectivity index (χ0v) is 18.6. The minimum Gasteiger partial charge on any atom is -0.365 e. The second-order valence-corrected chi connectivity index (χ2v) is 8.67. The molecule has 0 radical (unpaired) electrons. The Morgan fingerprint density at radius 1 is 1.03 bits per heavy atom. The van der Waals surface area contributed by atoms with Crippen molar-refractivity contribution in [3.8, 4) is 10.4 Å². The van der Waals surface area contributed by atoms with Gasteiger partial charge in [-0.2, -0.15) is 4.98 Å². The summed E-state index contributed by atoms with van der Waals surface area (Å²) in [6, 6.07) is 20.5. The highest BCUT2D eigenvalue weighted by molar-refractivity contribution is 7.22. The molecule has 2 aromatic heterocycles. The van der Waals surface area contributed by atoms with Crippen LogP contribution >= 0.6 is 11.3 Å². The van der Waals surface area contributed by atoms with Crippen LogP contribution in [0.25, 0.3) is 20.7 Å². The lowest BCUT2D eigenvalue weighted by atomic mass is 10.2. The van der Waals surface area contributed by atoms with Crippen LogP contribution in [0.2, 0.25) is 0 Å². The van der Waals surface area contributed by atoms with Crippen LogP contribution in [0.1, 0.15) is 26.3 Å². The Kier molecular flexibility index (Phi) is 6.13. The number of carbonyl (C=O) groups is 1. The number of nitrogens with zero attached hydrogens (tertiary/aromatic N) is 2. The Hall–Kier alpha value is -3.45. The molecule has 0 aliphatic rings. The van der Waals surface area contributed by atoms with Crippen molar-refractivity contribution in [3.05, 3.63) is 66.2 Å². The summed E-state index contributed by atoms with van der Waals surface area (Å²) in [5, 5.41) is 9.57. The van der Waals surface area contributed by atoms with E-state index in [9.17, 15) is 4.79 Å². The Labute approximate surface area is 185 Å². The molecule has 4 rings (SSSR count).